The van der Waals surface area contributed by atoms with Crippen LogP contribution in [0.5, 0.6) is 0 Å². The molecule has 0 heterocycles. The summed E-state index contributed by atoms with van der Waals surface area (Å²) in [7, 11) is 0. The molecule has 0 saturated heterocycles. The lowest BCUT2D eigenvalue weighted by atomic mass is 9.88. The predicted octanol–water partition coefficient (Wildman–Crippen LogP) is 2.25. The normalized spacial score (nSPS) is 30.1. The predicted molar refractivity (Wildman–Crippen MR) is 63.2 cm³/mol. The molecule has 2 atom stereocenters. The van der Waals surface area contributed by atoms with Crippen molar-refractivity contribution in [1.82, 2.24) is 5.32 Å². The fraction of sp³-hybridized carbons (Fsp3) is 0.923. The van der Waals surface area contributed by atoms with Crippen molar-refractivity contribution in [1.29, 1.82) is 0 Å². The smallest absolute Gasteiger partial charge is 0.307 e. The Hall–Kier alpha value is -0.570. The summed E-state index contributed by atoms with van der Waals surface area (Å²) in [5.74, 6) is 0.529. The summed E-state index contributed by atoms with van der Waals surface area (Å²) in [5, 5.41) is 3.34. The summed E-state index contributed by atoms with van der Waals surface area (Å²) in [4.78, 5) is 11.6. The van der Waals surface area contributed by atoms with Crippen LogP contribution in [0.15, 0.2) is 0 Å². The standard InChI is InChI=1S/C13H23NO2/c1-10-4-2-3-5-12(10)16-13(15)8-9-14-11-6-7-11/h10-12,14H,2-9H2,1H3. The quantitative estimate of drug-likeness (QED) is 0.729. The molecule has 2 aliphatic carbocycles. The van der Waals surface area contributed by atoms with Crippen LogP contribution in [0.3, 0.4) is 0 Å². The first kappa shape index (κ1) is 11.9. The largest absolute Gasteiger partial charge is 0.462 e. The van der Waals surface area contributed by atoms with Crippen LogP contribution in [-0.2, 0) is 9.53 Å². The van der Waals surface area contributed by atoms with Crippen molar-refractivity contribution in [2.45, 2.75) is 64.0 Å². The number of carbonyl (C=O) groups is 1. The fourth-order valence-electron chi connectivity index (χ4n) is 2.35. The highest BCUT2D eigenvalue weighted by Gasteiger charge is 2.25. The van der Waals surface area contributed by atoms with Crippen LogP contribution in [0, 0.1) is 5.92 Å². The van der Waals surface area contributed by atoms with Gasteiger partial charge in [0.15, 0.2) is 0 Å². The topological polar surface area (TPSA) is 38.3 Å². The number of rotatable bonds is 5. The molecule has 2 unspecified atom stereocenters. The monoisotopic (exact) mass is 225 g/mol. The molecule has 3 heteroatoms. The van der Waals surface area contributed by atoms with Crippen LogP contribution in [-0.4, -0.2) is 24.7 Å². The van der Waals surface area contributed by atoms with E-state index in [-0.39, 0.29) is 12.1 Å². The lowest BCUT2D eigenvalue weighted by Gasteiger charge is -2.28. The number of carbonyl (C=O) groups excluding carboxylic acids is 1. The maximum absolute atomic E-state index is 11.6. The minimum absolute atomic E-state index is 0.0214. The Bertz CT molecular complexity index is 238. The van der Waals surface area contributed by atoms with Gasteiger partial charge in [-0.2, -0.15) is 0 Å². The number of esters is 1. The molecule has 1 N–H and O–H groups in total. The summed E-state index contributed by atoms with van der Waals surface area (Å²) in [5.41, 5.74) is 0. The number of ether oxygens (including phenoxy) is 1. The Labute approximate surface area is 97.9 Å². The van der Waals surface area contributed by atoms with E-state index < -0.39 is 0 Å². The molecule has 2 aliphatic rings. The third-order valence-electron chi connectivity index (χ3n) is 3.66. The summed E-state index contributed by atoms with van der Waals surface area (Å²) in [6.45, 7) is 2.98. The molecule has 0 aromatic heterocycles. The number of hydrogen-bond acceptors (Lipinski definition) is 3. The zero-order chi connectivity index (χ0) is 11.4. The van der Waals surface area contributed by atoms with Crippen molar-refractivity contribution < 1.29 is 9.53 Å². The summed E-state index contributed by atoms with van der Waals surface area (Å²) < 4.78 is 5.53. The summed E-state index contributed by atoms with van der Waals surface area (Å²) in [6, 6.07) is 0.682. The van der Waals surface area contributed by atoms with E-state index in [4.69, 9.17) is 4.74 Å². The maximum atomic E-state index is 11.6. The molecule has 2 saturated carbocycles. The molecular weight excluding hydrogens is 202 g/mol. The summed E-state index contributed by atoms with van der Waals surface area (Å²) >= 11 is 0. The van der Waals surface area contributed by atoms with Gasteiger partial charge in [0.25, 0.3) is 0 Å². The third-order valence-corrected chi connectivity index (χ3v) is 3.66. The molecule has 0 aromatic carbocycles. The number of nitrogens with one attached hydrogen (secondary N) is 1. The van der Waals surface area contributed by atoms with E-state index in [0.717, 1.165) is 13.0 Å². The SMILES string of the molecule is CC1CCCCC1OC(=O)CCNC1CC1. The van der Waals surface area contributed by atoms with Gasteiger partial charge in [-0.1, -0.05) is 13.3 Å². The second-order valence-corrected chi connectivity index (χ2v) is 5.27. The molecule has 0 aliphatic heterocycles. The number of hydrogen-bond donors (Lipinski definition) is 1. The van der Waals surface area contributed by atoms with Gasteiger partial charge in [-0.25, -0.2) is 0 Å². The van der Waals surface area contributed by atoms with Crippen LogP contribution >= 0.6 is 0 Å². The fourth-order valence-corrected chi connectivity index (χ4v) is 2.35. The Balaban J connectivity index is 1.60. The first-order chi connectivity index (χ1) is 7.75. The van der Waals surface area contributed by atoms with E-state index in [0.29, 0.717) is 18.4 Å². The van der Waals surface area contributed by atoms with Gasteiger partial charge >= 0.3 is 5.97 Å². The average Bonchev–Trinajstić information content (AvgIpc) is 3.05. The lowest BCUT2D eigenvalue weighted by Crippen LogP contribution is -2.30. The Morgan fingerprint density at radius 2 is 2.00 bits per heavy atom. The van der Waals surface area contributed by atoms with Gasteiger partial charge in [0.1, 0.15) is 6.10 Å². The van der Waals surface area contributed by atoms with Gasteiger partial charge in [0.2, 0.25) is 0 Å². The zero-order valence-electron chi connectivity index (χ0n) is 10.2. The van der Waals surface area contributed by atoms with Crippen molar-refractivity contribution in [3.63, 3.8) is 0 Å². The van der Waals surface area contributed by atoms with Crippen LogP contribution in [0.1, 0.15) is 51.9 Å². The first-order valence-electron chi connectivity index (χ1n) is 6.68. The van der Waals surface area contributed by atoms with E-state index in [2.05, 4.69) is 12.2 Å². The van der Waals surface area contributed by atoms with E-state index in [1.165, 1.54) is 32.1 Å². The molecule has 0 aromatic rings. The van der Waals surface area contributed by atoms with Gasteiger partial charge < -0.3 is 10.1 Å². The highest BCUT2D eigenvalue weighted by Crippen LogP contribution is 2.26. The average molecular weight is 225 g/mol. The maximum Gasteiger partial charge on any atom is 0.307 e. The van der Waals surface area contributed by atoms with Crippen LogP contribution < -0.4 is 5.32 Å². The van der Waals surface area contributed by atoms with Crippen LogP contribution in [0.4, 0.5) is 0 Å². The molecule has 3 nitrogen and oxygen atoms in total. The molecule has 0 amide bonds. The highest BCUT2D eigenvalue weighted by molar-refractivity contribution is 5.69. The minimum atomic E-state index is -0.0214. The molecule has 16 heavy (non-hydrogen) atoms. The first-order valence-corrected chi connectivity index (χ1v) is 6.68. The van der Waals surface area contributed by atoms with Crippen molar-refractivity contribution in [3.8, 4) is 0 Å². The molecule has 2 fully saturated rings. The van der Waals surface area contributed by atoms with Crippen LogP contribution in [0.25, 0.3) is 0 Å². The molecule has 0 spiro atoms. The van der Waals surface area contributed by atoms with Gasteiger partial charge in [-0.3, -0.25) is 4.79 Å². The molecule has 0 radical (unpaired) electrons. The van der Waals surface area contributed by atoms with Gasteiger partial charge in [-0.05, 0) is 38.0 Å². The minimum Gasteiger partial charge on any atom is -0.462 e. The Kier molecular flexibility index (Phi) is 4.22. The van der Waals surface area contributed by atoms with Crippen molar-refractivity contribution in [2.24, 2.45) is 5.92 Å². The van der Waals surface area contributed by atoms with E-state index >= 15 is 0 Å². The second kappa shape index (κ2) is 5.67. The van der Waals surface area contributed by atoms with E-state index in [1.54, 1.807) is 0 Å². The van der Waals surface area contributed by atoms with E-state index in [9.17, 15) is 4.79 Å². The van der Waals surface area contributed by atoms with Crippen molar-refractivity contribution in [3.05, 3.63) is 0 Å². The van der Waals surface area contributed by atoms with Gasteiger partial charge in [0, 0.05) is 12.6 Å². The van der Waals surface area contributed by atoms with Crippen molar-refractivity contribution >= 4 is 5.97 Å². The molecule has 2 rings (SSSR count). The van der Waals surface area contributed by atoms with Gasteiger partial charge in [0.05, 0.1) is 6.42 Å². The molecule has 0 bridgehead atoms. The van der Waals surface area contributed by atoms with Gasteiger partial charge in [-0.15, -0.1) is 0 Å². The highest BCUT2D eigenvalue weighted by atomic mass is 16.5. The lowest BCUT2D eigenvalue weighted by molar-refractivity contribution is -0.153. The second-order valence-electron chi connectivity index (χ2n) is 5.27. The van der Waals surface area contributed by atoms with Crippen molar-refractivity contribution in [2.75, 3.05) is 6.54 Å². The Morgan fingerprint density at radius 3 is 2.69 bits per heavy atom. The molecule has 92 valence electrons. The van der Waals surface area contributed by atoms with E-state index in [1.807, 2.05) is 0 Å². The third kappa shape index (κ3) is 3.78. The van der Waals surface area contributed by atoms with Crippen LogP contribution in [0.2, 0.25) is 0 Å². The Morgan fingerprint density at radius 1 is 1.25 bits per heavy atom. The summed E-state index contributed by atoms with van der Waals surface area (Å²) in [6.07, 6.45) is 8.02. The zero-order valence-corrected chi connectivity index (χ0v) is 10.2. The molecular formula is C13H23NO2.